The van der Waals surface area contributed by atoms with Gasteiger partial charge in [-0.2, -0.15) is 13.2 Å². The van der Waals surface area contributed by atoms with Gasteiger partial charge >= 0.3 is 35.7 Å². The zero-order chi connectivity index (χ0) is 24.3. The quantitative estimate of drug-likeness (QED) is 0.245. The predicted molar refractivity (Wildman–Crippen MR) is 112 cm³/mol. The maximum absolute atomic E-state index is 13.2. The molecule has 0 spiro atoms. The number of hydrogen-bond donors (Lipinski definition) is 2. The Morgan fingerprint density at radius 1 is 0.912 bits per heavy atom. The van der Waals surface area contributed by atoms with Crippen molar-refractivity contribution < 1.29 is 65.3 Å². The third-order valence-corrected chi connectivity index (χ3v) is 6.18. The summed E-state index contributed by atoms with van der Waals surface area (Å²) >= 11 is 0. The van der Waals surface area contributed by atoms with Gasteiger partial charge in [-0.05, 0) is 30.7 Å². The van der Waals surface area contributed by atoms with Crippen molar-refractivity contribution in [3.8, 4) is 0 Å². The zero-order valence-electron chi connectivity index (χ0n) is 17.8. The van der Waals surface area contributed by atoms with E-state index >= 15 is 0 Å². The van der Waals surface area contributed by atoms with Crippen molar-refractivity contribution >= 4 is 38.7 Å². The van der Waals surface area contributed by atoms with Crippen LogP contribution in [0.25, 0.3) is 0 Å². The smallest absolute Gasteiger partial charge is 0.744 e. The molecule has 3 aromatic rings. The number of hydrogen-bond acceptors (Lipinski definition) is 7. The van der Waals surface area contributed by atoms with E-state index in [0.717, 1.165) is 18.2 Å². The average molecular weight is 498 g/mol. The van der Waals surface area contributed by atoms with Crippen molar-refractivity contribution in [2.24, 2.45) is 0 Å². The topological polar surface area (TPSA) is 129 Å². The summed E-state index contributed by atoms with van der Waals surface area (Å²) in [5.41, 5.74) is 3.19. The van der Waals surface area contributed by atoms with E-state index in [1.807, 2.05) is 0 Å². The molecule has 12 heteroatoms. The van der Waals surface area contributed by atoms with Crippen LogP contribution in [0.5, 0.6) is 0 Å². The fourth-order valence-corrected chi connectivity index (χ4v) is 4.31. The summed E-state index contributed by atoms with van der Waals surface area (Å²) in [6.45, 7) is 1.49. The number of nitrogens with one attached hydrogen (secondary N) is 1. The Hall–Kier alpha value is -2.70. The summed E-state index contributed by atoms with van der Waals surface area (Å²) in [6.07, 6.45) is -4.67. The molecule has 0 amide bonds. The Morgan fingerprint density at radius 2 is 1.47 bits per heavy atom. The number of aryl methyl sites for hydroxylation is 1. The monoisotopic (exact) mass is 498 g/mol. The van der Waals surface area contributed by atoms with Gasteiger partial charge in [-0.15, -0.1) is 0 Å². The first kappa shape index (κ1) is 25.9. The van der Waals surface area contributed by atoms with Crippen molar-refractivity contribution in [2.75, 3.05) is 11.1 Å². The van der Waals surface area contributed by atoms with Crippen molar-refractivity contribution in [3.63, 3.8) is 0 Å². The Bertz CT molecular complexity index is 1470. The molecular formula is C22H14F3N2NaO5S. The van der Waals surface area contributed by atoms with Crippen LogP contribution in [0.4, 0.5) is 30.2 Å². The van der Waals surface area contributed by atoms with Crippen LogP contribution in [0.3, 0.4) is 0 Å². The molecule has 0 bridgehead atoms. The van der Waals surface area contributed by atoms with Crippen molar-refractivity contribution in [1.82, 2.24) is 0 Å². The van der Waals surface area contributed by atoms with Crippen LogP contribution < -0.4 is 40.6 Å². The standard InChI is InChI=1S/C22H15F3N2O5S.Na/c1-10-6-7-11(22(23,24)25)8-14(10)27-15-9-16(33(30,31)32)19(26)18-17(15)20(28)12-4-2-3-5-13(12)21(18)29;/h2-9,27H,26H2,1H3,(H,30,31,32);/q;+1/p-1. The third-order valence-electron chi connectivity index (χ3n) is 5.30. The van der Waals surface area contributed by atoms with Crippen LogP contribution in [-0.4, -0.2) is 24.5 Å². The molecule has 0 heterocycles. The van der Waals surface area contributed by atoms with Gasteiger partial charge in [0.1, 0.15) is 10.1 Å². The molecule has 1 aliphatic carbocycles. The Balaban J connectivity index is 0.00000324. The van der Waals surface area contributed by atoms with Gasteiger partial charge in [-0.1, -0.05) is 30.3 Å². The van der Waals surface area contributed by atoms with Gasteiger partial charge in [0.15, 0.2) is 11.6 Å². The number of benzene rings is 3. The number of anilines is 3. The number of alkyl halides is 3. The van der Waals surface area contributed by atoms with E-state index in [0.29, 0.717) is 5.56 Å². The van der Waals surface area contributed by atoms with Crippen LogP contribution in [0.2, 0.25) is 0 Å². The van der Waals surface area contributed by atoms with Gasteiger partial charge in [0.05, 0.1) is 33.0 Å². The second-order valence-electron chi connectivity index (χ2n) is 7.40. The molecule has 0 aromatic heterocycles. The summed E-state index contributed by atoms with van der Waals surface area (Å²) in [7, 11) is -5.20. The molecule has 0 aliphatic heterocycles. The molecule has 0 saturated carbocycles. The number of carbonyl (C=O) groups excluding carboxylic acids is 2. The van der Waals surface area contributed by atoms with Crippen LogP contribution >= 0.6 is 0 Å². The first-order chi connectivity index (χ1) is 15.3. The van der Waals surface area contributed by atoms with Crippen LogP contribution in [0, 0.1) is 6.92 Å². The largest absolute Gasteiger partial charge is 1.00 e. The van der Waals surface area contributed by atoms with Gasteiger partial charge in [0.25, 0.3) is 0 Å². The molecule has 34 heavy (non-hydrogen) atoms. The number of nitrogen functional groups attached to an aromatic ring is 1. The Labute approximate surface area is 214 Å². The summed E-state index contributed by atoms with van der Waals surface area (Å²) in [5, 5.41) is 2.60. The summed E-state index contributed by atoms with van der Waals surface area (Å²) in [6, 6.07) is 9.30. The average Bonchev–Trinajstić information content (AvgIpc) is 2.72. The number of halogens is 3. The zero-order valence-corrected chi connectivity index (χ0v) is 20.6. The Morgan fingerprint density at radius 3 is 2.00 bits per heavy atom. The van der Waals surface area contributed by atoms with E-state index in [4.69, 9.17) is 5.73 Å². The minimum atomic E-state index is -5.20. The van der Waals surface area contributed by atoms with E-state index in [-0.39, 0.29) is 57.6 Å². The molecule has 0 fully saturated rings. The number of fused-ring (bicyclic) bond motifs is 2. The second-order valence-corrected chi connectivity index (χ2v) is 8.74. The normalized spacial score (nSPS) is 13.1. The number of carbonyl (C=O) groups is 2. The minimum Gasteiger partial charge on any atom is -0.744 e. The van der Waals surface area contributed by atoms with Crippen LogP contribution in [0.15, 0.2) is 53.4 Å². The molecule has 0 atom stereocenters. The van der Waals surface area contributed by atoms with Crippen LogP contribution in [-0.2, 0) is 16.3 Å². The number of nitrogens with two attached hydrogens (primary N) is 1. The Kier molecular flexibility index (Phi) is 6.72. The van der Waals surface area contributed by atoms with Gasteiger partial charge in [-0.3, -0.25) is 9.59 Å². The summed E-state index contributed by atoms with van der Waals surface area (Å²) < 4.78 is 75.1. The molecule has 1 aliphatic rings. The first-order valence-electron chi connectivity index (χ1n) is 9.36. The fourth-order valence-electron chi connectivity index (χ4n) is 3.68. The number of rotatable bonds is 3. The predicted octanol–water partition coefficient (Wildman–Crippen LogP) is 1.02. The van der Waals surface area contributed by atoms with Crippen LogP contribution in [0.1, 0.15) is 43.0 Å². The second kappa shape index (κ2) is 8.82. The molecule has 0 unspecified atom stereocenters. The van der Waals surface area contributed by atoms with Crippen molar-refractivity contribution in [2.45, 2.75) is 18.0 Å². The molecule has 0 radical (unpaired) electrons. The molecule has 0 saturated heterocycles. The van der Waals surface area contributed by atoms with Crippen molar-refractivity contribution in [3.05, 3.63) is 81.9 Å². The maximum atomic E-state index is 13.2. The van der Waals surface area contributed by atoms with Gasteiger partial charge < -0.3 is 15.6 Å². The molecule has 4 rings (SSSR count). The van der Waals surface area contributed by atoms with E-state index in [9.17, 15) is 35.7 Å². The van der Waals surface area contributed by atoms with E-state index in [1.165, 1.54) is 37.3 Å². The molecule has 7 nitrogen and oxygen atoms in total. The van der Waals surface area contributed by atoms with Gasteiger partial charge in [0, 0.05) is 16.8 Å². The maximum Gasteiger partial charge on any atom is 1.00 e. The van der Waals surface area contributed by atoms with Crippen molar-refractivity contribution in [1.29, 1.82) is 0 Å². The van der Waals surface area contributed by atoms with E-state index in [2.05, 4.69) is 5.32 Å². The molecular weight excluding hydrogens is 484 g/mol. The minimum absolute atomic E-state index is 0. The van der Waals surface area contributed by atoms with Gasteiger partial charge in [-0.25, -0.2) is 8.42 Å². The summed E-state index contributed by atoms with van der Waals surface area (Å²) in [4.78, 5) is 25.4. The SMILES string of the molecule is Cc1ccc(C(F)(F)F)cc1Nc1cc(S(=O)(=O)[O-])c(N)c2c1C(=O)c1ccccc1C2=O.[Na+]. The van der Waals surface area contributed by atoms with E-state index in [1.54, 1.807) is 0 Å². The molecule has 3 N–H and O–H groups in total. The first-order valence-corrected chi connectivity index (χ1v) is 10.8. The third kappa shape index (κ3) is 4.37. The fraction of sp³-hybridized carbons (Fsp3) is 0.0909. The van der Waals surface area contributed by atoms with E-state index < -0.39 is 49.6 Å². The molecule has 170 valence electrons. The summed E-state index contributed by atoms with van der Waals surface area (Å²) in [5.74, 6) is -1.49. The van der Waals surface area contributed by atoms with Gasteiger partial charge in [0.2, 0.25) is 0 Å². The molecule has 3 aromatic carbocycles. The number of ketones is 2.